The molecule has 0 aliphatic carbocycles. The van der Waals surface area contributed by atoms with Crippen molar-refractivity contribution in [2.45, 2.75) is 20.3 Å². The van der Waals surface area contributed by atoms with E-state index in [1.54, 1.807) is 6.20 Å². The highest BCUT2D eigenvalue weighted by molar-refractivity contribution is 5.93. The Morgan fingerprint density at radius 2 is 2.08 bits per heavy atom. The summed E-state index contributed by atoms with van der Waals surface area (Å²) in [6.45, 7) is 7.72. The molecule has 1 amide bonds. The summed E-state index contributed by atoms with van der Waals surface area (Å²) < 4.78 is 7.25. The molecule has 1 fully saturated rings. The van der Waals surface area contributed by atoms with Crippen LogP contribution in [-0.2, 0) is 18.2 Å². The number of ether oxygens (including phenoxy) is 1. The Morgan fingerprint density at radius 1 is 1.32 bits per heavy atom. The fourth-order valence-electron chi connectivity index (χ4n) is 3.13. The van der Waals surface area contributed by atoms with Gasteiger partial charge in [-0.15, -0.1) is 0 Å². The van der Waals surface area contributed by atoms with E-state index in [-0.39, 0.29) is 5.91 Å². The molecule has 0 unspecified atom stereocenters. The summed E-state index contributed by atoms with van der Waals surface area (Å²) in [6, 6.07) is 3.78. The highest BCUT2D eigenvalue weighted by Gasteiger charge is 2.15. The minimum atomic E-state index is -0.144. The Hall–Kier alpha value is -2.41. The summed E-state index contributed by atoms with van der Waals surface area (Å²) in [4.78, 5) is 18.8. The molecule has 2 aromatic heterocycles. The molecule has 0 aromatic carbocycles. The lowest BCUT2D eigenvalue weighted by molar-refractivity contribution is 0.0949. The van der Waals surface area contributed by atoms with E-state index in [1.807, 2.05) is 37.7 Å². The topological polar surface area (TPSA) is 72.3 Å². The third kappa shape index (κ3) is 3.99. The number of aryl methyl sites for hydroxylation is 2. The molecule has 2 aromatic rings. The van der Waals surface area contributed by atoms with Gasteiger partial charge in [-0.05, 0) is 38.0 Å². The lowest BCUT2D eigenvalue weighted by Gasteiger charge is -2.28. The molecule has 25 heavy (non-hydrogen) atoms. The number of carbonyl (C=O) groups excluding carboxylic acids is 1. The maximum Gasteiger partial charge on any atom is 0.269 e. The number of carbonyl (C=O) groups is 1. The van der Waals surface area contributed by atoms with Crippen molar-refractivity contribution in [1.29, 1.82) is 0 Å². The third-order valence-electron chi connectivity index (χ3n) is 4.67. The predicted octanol–water partition coefficient (Wildman–Crippen LogP) is 1.24. The number of hydrogen-bond donors (Lipinski definition) is 1. The van der Waals surface area contributed by atoms with Crippen LogP contribution in [0.4, 0.5) is 5.69 Å². The normalized spacial score (nSPS) is 14.6. The van der Waals surface area contributed by atoms with Crippen LogP contribution in [-0.4, -0.2) is 53.5 Å². The zero-order valence-electron chi connectivity index (χ0n) is 15.1. The molecule has 0 atom stereocenters. The molecular weight excluding hydrogens is 318 g/mol. The lowest BCUT2D eigenvalue weighted by atomic mass is 10.1. The van der Waals surface area contributed by atoms with Crippen molar-refractivity contribution >= 4 is 11.6 Å². The number of nitrogens with one attached hydrogen (secondary N) is 1. The average molecular weight is 343 g/mol. The maximum absolute atomic E-state index is 12.4. The average Bonchev–Trinajstić information content (AvgIpc) is 2.88. The molecule has 7 heteroatoms. The van der Waals surface area contributed by atoms with Gasteiger partial charge < -0.3 is 15.0 Å². The van der Waals surface area contributed by atoms with Gasteiger partial charge in [0.25, 0.3) is 5.91 Å². The van der Waals surface area contributed by atoms with Gasteiger partial charge in [0.2, 0.25) is 0 Å². The zero-order valence-corrected chi connectivity index (χ0v) is 15.1. The molecule has 3 heterocycles. The summed E-state index contributed by atoms with van der Waals surface area (Å²) in [6.07, 6.45) is 2.45. The first-order valence-electron chi connectivity index (χ1n) is 8.62. The lowest BCUT2D eigenvalue weighted by Crippen LogP contribution is -2.36. The summed E-state index contributed by atoms with van der Waals surface area (Å²) in [5.41, 5.74) is 4.81. The van der Waals surface area contributed by atoms with Crippen LogP contribution in [0.1, 0.15) is 27.4 Å². The minimum absolute atomic E-state index is 0.144. The molecular formula is C18H25N5O2. The molecule has 3 rings (SSSR count). The molecule has 7 nitrogen and oxygen atoms in total. The maximum atomic E-state index is 12.4. The second-order valence-corrected chi connectivity index (χ2v) is 6.28. The number of rotatable bonds is 5. The first-order valence-corrected chi connectivity index (χ1v) is 8.62. The van der Waals surface area contributed by atoms with Crippen LogP contribution in [0.3, 0.4) is 0 Å². The Bertz CT molecular complexity index is 750. The number of amides is 1. The number of aromatic nitrogens is 3. The van der Waals surface area contributed by atoms with E-state index >= 15 is 0 Å². The van der Waals surface area contributed by atoms with Crippen LogP contribution >= 0.6 is 0 Å². The molecule has 1 aliphatic rings. The molecule has 1 aliphatic heterocycles. The van der Waals surface area contributed by atoms with Crippen LogP contribution < -0.4 is 10.2 Å². The van der Waals surface area contributed by atoms with E-state index in [2.05, 4.69) is 20.3 Å². The Labute approximate surface area is 148 Å². The summed E-state index contributed by atoms with van der Waals surface area (Å²) in [7, 11) is 1.94. The smallest absolute Gasteiger partial charge is 0.269 e. The van der Waals surface area contributed by atoms with E-state index in [0.29, 0.717) is 25.5 Å². The van der Waals surface area contributed by atoms with Crippen LogP contribution in [0.15, 0.2) is 18.3 Å². The van der Waals surface area contributed by atoms with E-state index < -0.39 is 0 Å². The van der Waals surface area contributed by atoms with E-state index in [4.69, 9.17) is 4.74 Å². The standard InChI is InChI=1S/C18H25N5O2/c1-13-16(14(2)22(3)21-13)5-7-20-18(24)17-12-15(4-6-19-17)23-8-10-25-11-9-23/h4,6,12H,5,7-11H2,1-3H3,(H,20,24). The van der Waals surface area contributed by atoms with Crippen LogP contribution in [0.5, 0.6) is 0 Å². The van der Waals surface area contributed by atoms with Gasteiger partial charge in [0, 0.05) is 44.3 Å². The molecule has 0 radical (unpaired) electrons. The largest absolute Gasteiger partial charge is 0.378 e. The Morgan fingerprint density at radius 3 is 2.76 bits per heavy atom. The first-order chi connectivity index (χ1) is 12.1. The van der Waals surface area contributed by atoms with Gasteiger partial charge >= 0.3 is 0 Å². The Balaban J connectivity index is 1.59. The van der Waals surface area contributed by atoms with E-state index in [9.17, 15) is 4.79 Å². The summed E-state index contributed by atoms with van der Waals surface area (Å²) in [5, 5.41) is 7.37. The fraction of sp³-hybridized carbons (Fsp3) is 0.500. The zero-order chi connectivity index (χ0) is 17.8. The minimum Gasteiger partial charge on any atom is -0.378 e. The molecule has 1 N–H and O–H groups in total. The highest BCUT2D eigenvalue weighted by Crippen LogP contribution is 2.16. The van der Waals surface area contributed by atoms with Crippen molar-refractivity contribution in [1.82, 2.24) is 20.1 Å². The third-order valence-corrected chi connectivity index (χ3v) is 4.67. The van der Waals surface area contributed by atoms with Crippen LogP contribution in [0.2, 0.25) is 0 Å². The SMILES string of the molecule is Cc1nn(C)c(C)c1CCNC(=O)c1cc(N2CCOCC2)ccn1. The number of pyridine rings is 1. The highest BCUT2D eigenvalue weighted by atomic mass is 16.5. The summed E-state index contributed by atoms with van der Waals surface area (Å²) >= 11 is 0. The predicted molar refractivity (Wildman–Crippen MR) is 96.0 cm³/mol. The number of morpholine rings is 1. The molecule has 0 saturated carbocycles. The quantitative estimate of drug-likeness (QED) is 0.884. The Kier molecular flexibility index (Phi) is 5.33. The van der Waals surface area contributed by atoms with Gasteiger partial charge in [-0.25, -0.2) is 0 Å². The van der Waals surface area contributed by atoms with Gasteiger partial charge in [-0.2, -0.15) is 5.10 Å². The van der Waals surface area contributed by atoms with Crippen molar-refractivity contribution in [3.63, 3.8) is 0 Å². The number of hydrogen-bond acceptors (Lipinski definition) is 5. The first kappa shape index (κ1) is 17.4. The van der Waals surface area contributed by atoms with Gasteiger partial charge in [0.05, 0.1) is 18.9 Å². The van der Waals surface area contributed by atoms with Gasteiger partial charge in [-0.3, -0.25) is 14.5 Å². The second-order valence-electron chi connectivity index (χ2n) is 6.28. The van der Waals surface area contributed by atoms with Crippen molar-refractivity contribution in [3.05, 3.63) is 41.0 Å². The van der Waals surface area contributed by atoms with Crippen molar-refractivity contribution in [2.24, 2.45) is 7.05 Å². The second kappa shape index (κ2) is 7.65. The van der Waals surface area contributed by atoms with Crippen molar-refractivity contribution < 1.29 is 9.53 Å². The van der Waals surface area contributed by atoms with Crippen molar-refractivity contribution in [2.75, 3.05) is 37.7 Å². The fourth-order valence-corrected chi connectivity index (χ4v) is 3.13. The van der Waals surface area contributed by atoms with E-state index in [0.717, 1.165) is 36.6 Å². The van der Waals surface area contributed by atoms with Gasteiger partial charge in [0.15, 0.2) is 0 Å². The molecule has 0 spiro atoms. The molecule has 0 bridgehead atoms. The molecule has 134 valence electrons. The monoisotopic (exact) mass is 343 g/mol. The summed E-state index contributed by atoms with van der Waals surface area (Å²) in [5.74, 6) is -0.144. The van der Waals surface area contributed by atoms with Gasteiger partial charge in [0.1, 0.15) is 5.69 Å². The van der Waals surface area contributed by atoms with E-state index in [1.165, 1.54) is 5.56 Å². The van der Waals surface area contributed by atoms with Crippen molar-refractivity contribution in [3.8, 4) is 0 Å². The molecule has 1 saturated heterocycles. The number of anilines is 1. The van der Waals surface area contributed by atoms with Gasteiger partial charge in [-0.1, -0.05) is 0 Å². The number of nitrogens with zero attached hydrogens (tertiary/aromatic N) is 4. The van der Waals surface area contributed by atoms with Crippen LogP contribution in [0, 0.1) is 13.8 Å². The van der Waals surface area contributed by atoms with Crippen LogP contribution in [0.25, 0.3) is 0 Å².